The molecule has 5 rings (SSSR count). The maximum Gasteiger partial charge on any atom is 0.0682 e. The Kier molecular flexibility index (Phi) is 4.56. The van der Waals surface area contributed by atoms with Gasteiger partial charge in [0.1, 0.15) is 0 Å². The Morgan fingerprint density at radius 2 is 1.64 bits per heavy atom. The Labute approximate surface area is 155 Å². The highest BCUT2D eigenvalue weighted by Gasteiger charge is 2.60. The van der Waals surface area contributed by atoms with Crippen molar-refractivity contribution in [3.05, 3.63) is 0 Å². The Morgan fingerprint density at radius 1 is 0.920 bits per heavy atom. The van der Waals surface area contributed by atoms with Gasteiger partial charge in [0.25, 0.3) is 0 Å². The quantitative estimate of drug-likeness (QED) is 0.600. The van der Waals surface area contributed by atoms with Crippen LogP contribution in [0.1, 0.15) is 86.0 Å². The molecule has 1 spiro atoms. The molecule has 0 aromatic carbocycles. The lowest BCUT2D eigenvalue weighted by atomic mass is 9.52. The summed E-state index contributed by atoms with van der Waals surface area (Å²) in [4.78, 5) is 0. The molecule has 0 saturated heterocycles. The third-order valence-corrected chi connectivity index (χ3v) is 8.76. The molecule has 0 aromatic heterocycles. The van der Waals surface area contributed by atoms with Crippen molar-refractivity contribution in [1.82, 2.24) is 0 Å². The highest BCUT2D eigenvalue weighted by Crippen LogP contribution is 2.64. The minimum absolute atomic E-state index is 0.363. The fourth-order valence-corrected chi connectivity index (χ4v) is 7.07. The largest absolute Gasteiger partial charge is 0.378 e. The number of ether oxygens (including phenoxy) is 2. The molecule has 5 saturated carbocycles. The van der Waals surface area contributed by atoms with Crippen LogP contribution in [-0.2, 0) is 9.47 Å². The zero-order valence-corrected chi connectivity index (χ0v) is 17.3. The molecule has 5 aliphatic rings. The molecule has 0 radical (unpaired) electrons. The smallest absolute Gasteiger partial charge is 0.0682 e. The van der Waals surface area contributed by atoms with E-state index >= 15 is 0 Å². The Morgan fingerprint density at radius 3 is 2.32 bits per heavy atom. The highest BCUT2D eigenvalue weighted by atomic mass is 16.5. The molecule has 0 aliphatic heterocycles. The Hall–Kier alpha value is -0.0800. The second-order valence-electron chi connectivity index (χ2n) is 11.0. The summed E-state index contributed by atoms with van der Waals surface area (Å²) in [6.07, 6.45) is 12.0. The van der Waals surface area contributed by atoms with Crippen LogP contribution in [0.2, 0.25) is 0 Å². The van der Waals surface area contributed by atoms with Crippen LogP contribution in [0.15, 0.2) is 0 Å². The van der Waals surface area contributed by atoms with E-state index in [0.29, 0.717) is 28.5 Å². The third kappa shape index (κ3) is 3.00. The van der Waals surface area contributed by atoms with E-state index in [2.05, 4.69) is 34.6 Å². The van der Waals surface area contributed by atoms with Crippen molar-refractivity contribution in [2.45, 2.75) is 98.2 Å². The summed E-state index contributed by atoms with van der Waals surface area (Å²) in [7, 11) is 0. The Bertz CT molecular complexity index is 484. The predicted molar refractivity (Wildman–Crippen MR) is 103 cm³/mol. The minimum atomic E-state index is 0.363. The van der Waals surface area contributed by atoms with Gasteiger partial charge < -0.3 is 9.47 Å². The average Bonchev–Trinajstić information content (AvgIpc) is 3.29. The van der Waals surface area contributed by atoms with Gasteiger partial charge in [-0.15, -0.1) is 0 Å². The van der Waals surface area contributed by atoms with Crippen LogP contribution < -0.4 is 0 Å². The summed E-state index contributed by atoms with van der Waals surface area (Å²) < 4.78 is 12.9. The van der Waals surface area contributed by atoms with Crippen LogP contribution >= 0.6 is 0 Å². The van der Waals surface area contributed by atoms with E-state index in [1.54, 1.807) is 0 Å². The average molecular weight is 349 g/mol. The monoisotopic (exact) mass is 348 g/mol. The summed E-state index contributed by atoms with van der Waals surface area (Å²) in [5, 5.41) is 0. The van der Waals surface area contributed by atoms with Gasteiger partial charge in [-0.1, -0.05) is 27.7 Å². The third-order valence-electron chi connectivity index (χ3n) is 8.76. The standard InChI is InChI=1S/C23H40O2/c1-6-24-19-18-8-7-17(22(19,4)5)15-16(18)9-14-25-20-21(2,3)10-11-23(20)12-13-23/h16-20H,6-15H2,1-5H3. The van der Waals surface area contributed by atoms with Crippen LogP contribution in [0.3, 0.4) is 0 Å². The number of hydrogen-bond acceptors (Lipinski definition) is 2. The lowest BCUT2D eigenvalue weighted by Crippen LogP contribution is -2.55. The van der Waals surface area contributed by atoms with Gasteiger partial charge in [-0.2, -0.15) is 0 Å². The molecule has 5 atom stereocenters. The highest BCUT2D eigenvalue weighted by molar-refractivity contribution is 5.10. The fourth-order valence-electron chi connectivity index (χ4n) is 7.07. The van der Waals surface area contributed by atoms with Crippen molar-refractivity contribution < 1.29 is 9.47 Å². The predicted octanol–water partition coefficient (Wildman–Crippen LogP) is 5.84. The van der Waals surface area contributed by atoms with Gasteiger partial charge in [-0.05, 0) is 92.3 Å². The zero-order chi connectivity index (χ0) is 17.9. The van der Waals surface area contributed by atoms with Gasteiger partial charge in [0, 0.05) is 13.2 Å². The molecule has 0 aromatic rings. The molecule has 5 unspecified atom stereocenters. The first kappa shape index (κ1) is 18.3. The van der Waals surface area contributed by atoms with Crippen molar-refractivity contribution >= 4 is 0 Å². The molecule has 0 heterocycles. The van der Waals surface area contributed by atoms with Crippen LogP contribution in [0.4, 0.5) is 0 Å². The maximum atomic E-state index is 6.61. The SMILES string of the molecule is CCOC1C2CCC(CC2CCOC2C(C)(C)CCC23CC3)C1(C)C. The van der Waals surface area contributed by atoms with Gasteiger partial charge in [0.15, 0.2) is 0 Å². The van der Waals surface area contributed by atoms with Gasteiger partial charge in [-0.3, -0.25) is 0 Å². The summed E-state index contributed by atoms with van der Waals surface area (Å²) >= 11 is 0. The molecular formula is C23H40O2. The number of fused-ring (bicyclic) bond motifs is 3. The van der Waals surface area contributed by atoms with Crippen molar-refractivity contribution in [3.63, 3.8) is 0 Å². The minimum Gasteiger partial charge on any atom is -0.378 e. The maximum absolute atomic E-state index is 6.61. The zero-order valence-electron chi connectivity index (χ0n) is 17.3. The molecule has 25 heavy (non-hydrogen) atoms. The molecule has 0 N–H and O–H groups in total. The van der Waals surface area contributed by atoms with Crippen LogP contribution in [-0.4, -0.2) is 25.4 Å². The molecule has 0 amide bonds. The lowest BCUT2D eigenvalue weighted by Gasteiger charge is -2.57. The van der Waals surface area contributed by atoms with Crippen molar-refractivity contribution in [2.75, 3.05) is 13.2 Å². The second kappa shape index (κ2) is 6.23. The number of hydrogen-bond donors (Lipinski definition) is 0. The molecule has 2 nitrogen and oxygen atoms in total. The van der Waals surface area contributed by atoms with Crippen LogP contribution in [0.5, 0.6) is 0 Å². The summed E-state index contributed by atoms with van der Waals surface area (Å²) in [6, 6.07) is 0. The van der Waals surface area contributed by atoms with E-state index in [1.807, 2.05) is 0 Å². The van der Waals surface area contributed by atoms with E-state index in [4.69, 9.17) is 9.47 Å². The van der Waals surface area contributed by atoms with Gasteiger partial charge >= 0.3 is 0 Å². The molecule has 5 aliphatic carbocycles. The Balaban J connectivity index is 1.36. The molecule has 5 fully saturated rings. The molecule has 2 heteroatoms. The van der Waals surface area contributed by atoms with Crippen molar-refractivity contribution in [3.8, 4) is 0 Å². The first-order valence-electron chi connectivity index (χ1n) is 11.0. The van der Waals surface area contributed by atoms with Gasteiger partial charge in [-0.25, -0.2) is 0 Å². The van der Waals surface area contributed by atoms with Crippen LogP contribution in [0, 0.1) is 34.0 Å². The lowest BCUT2D eigenvalue weighted by molar-refractivity contribution is -0.167. The first-order valence-corrected chi connectivity index (χ1v) is 11.0. The van der Waals surface area contributed by atoms with Crippen molar-refractivity contribution in [2.24, 2.45) is 34.0 Å². The molecular weight excluding hydrogens is 308 g/mol. The second-order valence-corrected chi connectivity index (χ2v) is 11.0. The topological polar surface area (TPSA) is 18.5 Å². The summed E-state index contributed by atoms with van der Waals surface area (Å²) in [5.41, 5.74) is 1.32. The summed E-state index contributed by atoms with van der Waals surface area (Å²) in [5.74, 6) is 2.43. The van der Waals surface area contributed by atoms with Crippen LogP contribution in [0.25, 0.3) is 0 Å². The van der Waals surface area contributed by atoms with E-state index in [-0.39, 0.29) is 0 Å². The van der Waals surface area contributed by atoms with E-state index in [0.717, 1.165) is 31.0 Å². The molecule has 2 bridgehead atoms. The first-order chi connectivity index (χ1) is 11.8. The fraction of sp³-hybridized carbons (Fsp3) is 1.00. The normalized spacial score (nSPS) is 42.8. The summed E-state index contributed by atoms with van der Waals surface area (Å²) in [6.45, 7) is 13.8. The molecule has 144 valence electrons. The van der Waals surface area contributed by atoms with Gasteiger partial charge in [0.05, 0.1) is 12.2 Å². The van der Waals surface area contributed by atoms with E-state index < -0.39 is 0 Å². The number of rotatable bonds is 6. The van der Waals surface area contributed by atoms with E-state index in [9.17, 15) is 0 Å². The van der Waals surface area contributed by atoms with Crippen molar-refractivity contribution in [1.29, 1.82) is 0 Å². The van der Waals surface area contributed by atoms with E-state index in [1.165, 1.54) is 51.4 Å². The van der Waals surface area contributed by atoms with Gasteiger partial charge in [0.2, 0.25) is 0 Å².